The molecule has 106 valence electrons. The molecule has 2 rings (SSSR count). The van der Waals surface area contributed by atoms with Crippen LogP contribution in [0.3, 0.4) is 0 Å². The Bertz CT molecular complexity index is 402. The Morgan fingerprint density at radius 3 is 2.74 bits per heavy atom. The molecule has 1 atom stereocenters. The monoisotopic (exact) mass is 263 g/mol. The second-order valence-corrected chi connectivity index (χ2v) is 5.38. The minimum absolute atomic E-state index is 0.588. The molecule has 1 aromatic carbocycles. The highest BCUT2D eigenvalue weighted by molar-refractivity contribution is 5.42. The van der Waals surface area contributed by atoms with Crippen molar-refractivity contribution in [2.45, 2.75) is 45.7 Å². The second kappa shape index (κ2) is 6.80. The number of hydrogen-bond acceptors (Lipinski definition) is 3. The first-order valence-electron chi connectivity index (χ1n) is 7.26. The number of rotatable bonds is 8. The lowest BCUT2D eigenvalue weighted by Crippen LogP contribution is -2.25. The maximum Gasteiger partial charge on any atom is 0.161 e. The SMILES string of the molecule is CCOc1ccc(CNC(C)CC2CC2)cc1OC. The van der Waals surface area contributed by atoms with Gasteiger partial charge in [-0.3, -0.25) is 0 Å². The first-order chi connectivity index (χ1) is 9.22. The summed E-state index contributed by atoms with van der Waals surface area (Å²) in [7, 11) is 1.69. The Morgan fingerprint density at radius 1 is 1.32 bits per heavy atom. The van der Waals surface area contributed by atoms with Crippen molar-refractivity contribution in [3.63, 3.8) is 0 Å². The molecule has 0 aromatic heterocycles. The first kappa shape index (κ1) is 14.2. The predicted molar refractivity (Wildman–Crippen MR) is 77.8 cm³/mol. The molecule has 1 aliphatic rings. The van der Waals surface area contributed by atoms with E-state index in [4.69, 9.17) is 9.47 Å². The standard InChI is InChI=1S/C16H25NO2/c1-4-19-15-8-7-14(10-16(15)18-3)11-17-12(2)9-13-5-6-13/h7-8,10,12-13,17H,4-6,9,11H2,1-3H3. The van der Waals surface area contributed by atoms with E-state index in [9.17, 15) is 0 Å². The van der Waals surface area contributed by atoms with Gasteiger partial charge in [-0.05, 0) is 43.9 Å². The summed E-state index contributed by atoms with van der Waals surface area (Å²) < 4.78 is 10.9. The largest absolute Gasteiger partial charge is 0.493 e. The molecular formula is C16H25NO2. The highest BCUT2D eigenvalue weighted by atomic mass is 16.5. The Morgan fingerprint density at radius 2 is 2.11 bits per heavy atom. The summed E-state index contributed by atoms with van der Waals surface area (Å²) in [5.41, 5.74) is 1.24. The third kappa shape index (κ3) is 4.43. The van der Waals surface area contributed by atoms with Crippen molar-refractivity contribution in [1.82, 2.24) is 5.32 Å². The number of benzene rings is 1. The van der Waals surface area contributed by atoms with Crippen molar-refractivity contribution in [2.24, 2.45) is 5.92 Å². The van der Waals surface area contributed by atoms with Crippen molar-refractivity contribution in [1.29, 1.82) is 0 Å². The zero-order valence-corrected chi connectivity index (χ0v) is 12.2. The van der Waals surface area contributed by atoms with Crippen molar-refractivity contribution >= 4 is 0 Å². The lowest BCUT2D eigenvalue weighted by atomic mass is 10.1. The maximum atomic E-state index is 5.52. The smallest absolute Gasteiger partial charge is 0.161 e. The zero-order chi connectivity index (χ0) is 13.7. The average molecular weight is 263 g/mol. The van der Waals surface area contributed by atoms with Gasteiger partial charge in [-0.25, -0.2) is 0 Å². The van der Waals surface area contributed by atoms with E-state index in [0.717, 1.165) is 24.0 Å². The predicted octanol–water partition coefficient (Wildman–Crippen LogP) is 3.37. The van der Waals surface area contributed by atoms with Gasteiger partial charge in [-0.1, -0.05) is 18.9 Å². The van der Waals surface area contributed by atoms with Crippen LogP contribution < -0.4 is 14.8 Å². The van der Waals surface area contributed by atoms with Gasteiger partial charge >= 0.3 is 0 Å². The van der Waals surface area contributed by atoms with Gasteiger partial charge < -0.3 is 14.8 Å². The summed E-state index contributed by atoms with van der Waals surface area (Å²) in [5.74, 6) is 2.60. The molecule has 0 amide bonds. The van der Waals surface area contributed by atoms with E-state index in [2.05, 4.69) is 24.4 Å². The highest BCUT2D eigenvalue weighted by Gasteiger charge is 2.23. The highest BCUT2D eigenvalue weighted by Crippen LogP contribution is 2.33. The fourth-order valence-electron chi connectivity index (χ4n) is 2.33. The number of nitrogens with one attached hydrogen (secondary N) is 1. The molecule has 1 unspecified atom stereocenters. The normalized spacial score (nSPS) is 16.2. The van der Waals surface area contributed by atoms with Gasteiger partial charge in [-0.15, -0.1) is 0 Å². The van der Waals surface area contributed by atoms with Crippen molar-refractivity contribution in [2.75, 3.05) is 13.7 Å². The van der Waals surface area contributed by atoms with Gasteiger partial charge in [0, 0.05) is 12.6 Å². The van der Waals surface area contributed by atoms with Crippen LogP contribution in [0.15, 0.2) is 18.2 Å². The van der Waals surface area contributed by atoms with Crippen LogP contribution in [-0.2, 0) is 6.54 Å². The summed E-state index contributed by atoms with van der Waals surface area (Å²) in [6, 6.07) is 6.74. The van der Waals surface area contributed by atoms with Crippen LogP contribution in [0.25, 0.3) is 0 Å². The Labute approximate surface area is 116 Å². The third-order valence-electron chi connectivity index (χ3n) is 3.57. The third-order valence-corrected chi connectivity index (χ3v) is 3.57. The van der Waals surface area contributed by atoms with Crippen LogP contribution in [0, 0.1) is 5.92 Å². The molecule has 1 N–H and O–H groups in total. The Balaban J connectivity index is 1.88. The van der Waals surface area contributed by atoms with Crippen molar-refractivity contribution in [3.8, 4) is 11.5 Å². The number of methoxy groups -OCH3 is 1. The van der Waals surface area contributed by atoms with E-state index >= 15 is 0 Å². The summed E-state index contributed by atoms with van der Waals surface area (Å²) in [5, 5.41) is 3.58. The molecular weight excluding hydrogens is 238 g/mol. The molecule has 1 aliphatic carbocycles. The molecule has 1 fully saturated rings. The van der Waals surface area contributed by atoms with Crippen molar-refractivity contribution in [3.05, 3.63) is 23.8 Å². The van der Waals surface area contributed by atoms with Gasteiger partial charge in [-0.2, -0.15) is 0 Å². The maximum absolute atomic E-state index is 5.52. The molecule has 1 aromatic rings. The molecule has 3 nitrogen and oxygen atoms in total. The molecule has 0 aliphatic heterocycles. The van der Waals surface area contributed by atoms with E-state index < -0.39 is 0 Å². The van der Waals surface area contributed by atoms with Gasteiger partial charge in [0.25, 0.3) is 0 Å². The molecule has 0 heterocycles. The van der Waals surface area contributed by atoms with E-state index in [1.807, 2.05) is 13.0 Å². The topological polar surface area (TPSA) is 30.5 Å². The fraction of sp³-hybridized carbons (Fsp3) is 0.625. The Hall–Kier alpha value is -1.22. The molecule has 19 heavy (non-hydrogen) atoms. The summed E-state index contributed by atoms with van der Waals surface area (Å²) in [6.45, 7) is 5.79. The van der Waals surface area contributed by atoms with Gasteiger partial charge in [0.2, 0.25) is 0 Å². The van der Waals surface area contributed by atoms with Gasteiger partial charge in [0.05, 0.1) is 13.7 Å². The molecule has 0 spiro atoms. The zero-order valence-electron chi connectivity index (χ0n) is 12.2. The van der Waals surface area contributed by atoms with Crippen LogP contribution in [0.2, 0.25) is 0 Å². The van der Waals surface area contributed by atoms with E-state index in [1.165, 1.54) is 24.8 Å². The van der Waals surface area contributed by atoms with Gasteiger partial charge in [0.15, 0.2) is 11.5 Å². The lowest BCUT2D eigenvalue weighted by Gasteiger charge is -2.15. The van der Waals surface area contributed by atoms with Crippen LogP contribution in [0.5, 0.6) is 11.5 Å². The molecule has 0 saturated heterocycles. The summed E-state index contributed by atoms with van der Waals surface area (Å²) in [6.07, 6.45) is 4.14. The van der Waals surface area contributed by atoms with Crippen LogP contribution in [0.1, 0.15) is 38.7 Å². The van der Waals surface area contributed by atoms with E-state index in [1.54, 1.807) is 7.11 Å². The van der Waals surface area contributed by atoms with Gasteiger partial charge in [0.1, 0.15) is 0 Å². The number of ether oxygens (including phenoxy) is 2. The summed E-state index contributed by atoms with van der Waals surface area (Å²) in [4.78, 5) is 0. The second-order valence-electron chi connectivity index (χ2n) is 5.38. The quantitative estimate of drug-likeness (QED) is 0.780. The van der Waals surface area contributed by atoms with E-state index in [0.29, 0.717) is 12.6 Å². The molecule has 1 saturated carbocycles. The Kier molecular flexibility index (Phi) is 5.08. The van der Waals surface area contributed by atoms with E-state index in [-0.39, 0.29) is 0 Å². The molecule has 3 heteroatoms. The average Bonchev–Trinajstić information content (AvgIpc) is 3.21. The lowest BCUT2D eigenvalue weighted by molar-refractivity contribution is 0.310. The number of hydrogen-bond donors (Lipinski definition) is 1. The van der Waals surface area contributed by atoms with Crippen LogP contribution in [0.4, 0.5) is 0 Å². The van der Waals surface area contributed by atoms with Crippen LogP contribution >= 0.6 is 0 Å². The van der Waals surface area contributed by atoms with Crippen molar-refractivity contribution < 1.29 is 9.47 Å². The molecule has 0 bridgehead atoms. The summed E-state index contributed by atoms with van der Waals surface area (Å²) >= 11 is 0. The first-order valence-corrected chi connectivity index (χ1v) is 7.26. The van der Waals surface area contributed by atoms with Crippen LogP contribution in [-0.4, -0.2) is 19.8 Å². The minimum Gasteiger partial charge on any atom is -0.493 e. The fourth-order valence-corrected chi connectivity index (χ4v) is 2.33. The molecule has 0 radical (unpaired) electrons. The minimum atomic E-state index is 0.588.